The summed E-state index contributed by atoms with van der Waals surface area (Å²) in [6, 6.07) is 63.4. The van der Waals surface area contributed by atoms with E-state index in [2.05, 4.69) is 241 Å². The van der Waals surface area contributed by atoms with Gasteiger partial charge in [-0.2, -0.15) is 0 Å². The molecule has 8 aromatic carbocycles. The molecule has 1 aliphatic rings. The van der Waals surface area contributed by atoms with Gasteiger partial charge in [0.05, 0.1) is 39.1 Å². The lowest BCUT2D eigenvalue weighted by molar-refractivity contribution is 0.479. The Morgan fingerprint density at radius 3 is 1.72 bits per heavy atom. The monoisotopic (exact) mass is 882 g/mol. The van der Waals surface area contributed by atoms with Gasteiger partial charge < -0.3 is 23.7 Å². The van der Waals surface area contributed by atoms with Gasteiger partial charge in [0.1, 0.15) is 24.0 Å². The Morgan fingerprint density at radius 2 is 1.07 bits per heavy atom. The molecule has 0 unspecified atom stereocenters. The zero-order valence-electron chi connectivity index (χ0n) is 39.1. The molecule has 0 bridgehead atoms. The molecule has 4 aromatic heterocycles. The van der Waals surface area contributed by atoms with Crippen molar-refractivity contribution in [1.82, 2.24) is 18.7 Å². The molecule has 5 heterocycles. The number of aromatic nitrogens is 4. The Balaban J connectivity index is 0.945. The second-order valence-electron chi connectivity index (χ2n) is 19.5. The quantitative estimate of drug-likeness (QED) is 0.167. The van der Waals surface area contributed by atoms with Crippen LogP contribution in [0.25, 0.3) is 82.4 Å². The molecule has 1 aliphatic heterocycles. The number of pyridine rings is 1. The minimum atomic E-state index is -0.150. The summed E-state index contributed by atoms with van der Waals surface area (Å²) in [5.41, 5.74) is 16.1. The van der Waals surface area contributed by atoms with Gasteiger partial charge in [0.15, 0.2) is 0 Å². The van der Waals surface area contributed by atoms with Gasteiger partial charge in [-0.25, -0.2) is 4.98 Å². The summed E-state index contributed by atoms with van der Waals surface area (Å²) in [6.45, 7) is 9.62. The van der Waals surface area contributed by atoms with Gasteiger partial charge in [-0.05, 0) is 95.8 Å². The molecule has 7 nitrogen and oxygen atoms in total. The lowest BCUT2D eigenvalue weighted by atomic mass is 9.86. The van der Waals surface area contributed by atoms with Crippen LogP contribution in [-0.4, -0.2) is 25.4 Å². The average molecular weight is 883 g/mol. The Bertz CT molecular complexity index is 3920. The van der Waals surface area contributed by atoms with E-state index in [4.69, 9.17) is 9.72 Å². The molecule has 0 spiro atoms. The normalized spacial score (nSPS) is 13.0. The molecule has 330 valence electrons. The lowest BCUT2D eigenvalue weighted by Gasteiger charge is -2.27. The summed E-state index contributed by atoms with van der Waals surface area (Å²) in [4.78, 5) is 10.1. The van der Waals surface area contributed by atoms with E-state index >= 15 is 0 Å². The third-order valence-electron chi connectivity index (χ3n) is 14.4. The van der Waals surface area contributed by atoms with Crippen LogP contribution >= 0.6 is 0 Å². The first-order chi connectivity index (χ1) is 33.1. The van der Waals surface area contributed by atoms with Crippen LogP contribution in [0.15, 0.2) is 182 Å². The van der Waals surface area contributed by atoms with Crippen molar-refractivity contribution in [2.45, 2.75) is 33.1 Å². The van der Waals surface area contributed by atoms with Gasteiger partial charge in [-0.3, -0.25) is 4.57 Å². The van der Waals surface area contributed by atoms with Crippen molar-refractivity contribution < 1.29 is 4.74 Å². The standard InChI is InChI=1S/C61H50N6O/c1-38-30-57(62-36-50(38)39-18-8-7-9-19-39)67-53-25-15-12-20-44(53)47-29-28-42(34-56(47)67)68-43-32-40(61(2,3)4)31-41(33-43)65-37-66(55-27-17-16-26-54(55)65)60-58-48(45-21-10-13-23-51(45)63(58)5)35-49-46-22-11-14-24-52(46)64(6)59(49)60/h7-36H,37H2,1-6H3. The smallest absolute Gasteiger partial charge is 0.137 e. The van der Waals surface area contributed by atoms with Gasteiger partial charge in [0.2, 0.25) is 0 Å². The zero-order chi connectivity index (χ0) is 46.0. The predicted octanol–water partition coefficient (Wildman–Crippen LogP) is 15.8. The van der Waals surface area contributed by atoms with Crippen molar-refractivity contribution in [2.24, 2.45) is 14.1 Å². The molecule has 0 atom stereocenters. The van der Waals surface area contributed by atoms with Gasteiger partial charge in [-0.1, -0.05) is 118 Å². The van der Waals surface area contributed by atoms with Crippen molar-refractivity contribution in [1.29, 1.82) is 0 Å². The molecule has 0 N–H and O–H groups in total. The summed E-state index contributed by atoms with van der Waals surface area (Å²) in [6.07, 6.45) is 2.00. The van der Waals surface area contributed by atoms with E-state index in [1.54, 1.807) is 0 Å². The van der Waals surface area contributed by atoms with Crippen LogP contribution in [0.4, 0.5) is 22.7 Å². The molecule has 0 aliphatic carbocycles. The third-order valence-corrected chi connectivity index (χ3v) is 14.4. The molecule has 12 aromatic rings. The Morgan fingerprint density at radius 1 is 0.500 bits per heavy atom. The number of hydrogen-bond acceptors (Lipinski definition) is 4. The van der Waals surface area contributed by atoms with Crippen LogP contribution < -0.4 is 14.5 Å². The van der Waals surface area contributed by atoms with E-state index in [0.717, 1.165) is 56.2 Å². The molecule has 13 rings (SSSR count). The maximum absolute atomic E-state index is 7.04. The summed E-state index contributed by atoms with van der Waals surface area (Å²) in [7, 11) is 4.43. The van der Waals surface area contributed by atoms with Crippen LogP contribution in [0.1, 0.15) is 31.9 Å². The van der Waals surface area contributed by atoms with Crippen LogP contribution in [0, 0.1) is 6.92 Å². The second-order valence-corrected chi connectivity index (χ2v) is 19.5. The first kappa shape index (κ1) is 40.0. The SMILES string of the molecule is Cc1cc(-n2c3ccccc3c3ccc(Oc4cc(N5CN(c6c7c(cc8c9ccccc9n(C)c68)c6ccccc6n7C)c6ccccc65)cc(C(C)(C)C)c4)cc32)ncc1-c1ccccc1. The fourth-order valence-corrected chi connectivity index (χ4v) is 11.1. The molecule has 0 fully saturated rings. The van der Waals surface area contributed by atoms with Gasteiger partial charge in [-0.15, -0.1) is 0 Å². The van der Waals surface area contributed by atoms with Crippen molar-refractivity contribution in [2.75, 3.05) is 16.5 Å². The second kappa shape index (κ2) is 14.9. The average Bonchev–Trinajstić information content (AvgIpc) is 4.07. The minimum Gasteiger partial charge on any atom is -0.457 e. The maximum atomic E-state index is 7.04. The van der Waals surface area contributed by atoms with Crippen molar-refractivity contribution in [3.8, 4) is 28.4 Å². The molecule has 0 radical (unpaired) electrons. The fraction of sp³-hybridized carbons (Fsp3) is 0.131. The largest absolute Gasteiger partial charge is 0.457 e. The summed E-state index contributed by atoms with van der Waals surface area (Å²) < 4.78 is 14.1. The number of anilines is 4. The van der Waals surface area contributed by atoms with E-state index in [1.165, 1.54) is 71.5 Å². The Kier molecular flexibility index (Phi) is 8.75. The zero-order valence-corrected chi connectivity index (χ0v) is 39.1. The highest BCUT2D eigenvalue weighted by molar-refractivity contribution is 6.25. The van der Waals surface area contributed by atoms with Gasteiger partial charge in [0, 0.05) is 87.0 Å². The lowest BCUT2D eigenvalue weighted by Crippen LogP contribution is -2.25. The number of rotatable bonds is 6. The third kappa shape index (κ3) is 6.01. The van der Waals surface area contributed by atoms with Crippen LogP contribution in [0.5, 0.6) is 11.5 Å². The highest BCUT2D eigenvalue weighted by Crippen LogP contribution is 2.52. The molecular formula is C61H50N6O. The summed E-state index contributed by atoms with van der Waals surface area (Å²) >= 11 is 0. The van der Waals surface area contributed by atoms with Crippen LogP contribution in [-0.2, 0) is 19.5 Å². The maximum Gasteiger partial charge on any atom is 0.137 e. The number of hydrogen-bond donors (Lipinski definition) is 0. The van der Waals surface area contributed by atoms with E-state index in [-0.39, 0.29) is 5.41 Å². The highest BCUT2D eigenvalue weighted by atomic mass is 16.5. The van der Waals surface area contributed by atoms with Crippen LogP contribution in [0.3, 0.4) is 0 Å². The van der Waals surface area contributed by atoms with E-state index in [0.29, 0.717) is 6.67 Å². The Hall–Kier alpha value is -8.29. The van der Waals surface area contributed by atoms with Crippen molar-refractivity contribution in [3.05, 3.63) is 193 Å². The molecule has 0 amide bonds. The molecule has 68 heavy (non-hydrogen) atoms. The molecule has 0 saturated carbocycles. The Labute approximate surface area is 395 Å². The molecular weight excluding hydrogens is 833 g/mol. The van der Waals surface area contributed by atoms with E-state index in [9.17, 15) is 0 Å². The minimum absolute atomic E-state index is 0.150. The van der Waals surface area contributed by atoms with Gasteiger partial charge in [0.25, 0.3) is 0 Å². The number of nitrogens with zero attached hydrogens (tertiary/aromatic N) is 6. The summed E-state index contributed by atoms with van der Waals surface area (Å²) in [5.74, 6) is 2.43. The number of aryl methyl sites for hydroxylation is 3. The summed E-state index contributed by atoms with van der Waals surface area (Å²) in [5, 5.41) is 7.37. The first-order valence-electron chi connectivity index (χ1n) is 23.5. The van der Waals surface area contributed by atoms with Crippen molar-refractivity contribution in [3.63, 3.8) is 0 Å². The topological polar surface area (TPSA) is 43.4 Å². The molecule has 7 heteroatoms. The number of fused-ring (bicyclic) bond motifs is 10. The van der Waals surface area contributed by atoms with Gasteiger partial charge >= 0.3 is 0 Å². The van der Waals surface area contributed by atoms with Crippen molar-refractivity contribution >= 4 is 88.2 Å². The van der Waals surface area contributed by atoms with Crippen LogP contribution in [0.2, 0.25) is 0 Å². The van der Waals surface area contributed by atoms with E-state index in [1.807, 2.05) is 6.20 Å². The number of benzene rings is 8. The molecule has 0 saturated heterocycles. The highest BCUT2D eigenvalue weighted by Gasteiger charge is 2.34. The fourth-order valence-electron chi connectivity index (χ4n) is 11.1. The first-order valence-corrected chi connectivity index (χ1v) is 23.5. The van der Waals surface area contributed by atoms with E-state index < -0.39 is 0 Å². The number of para-hydroxylation sites is 5. The number of ether oxygens (including phenoxy) is 1. The predicted molar refractivity (Wildman–Crippen MR) is 284 cm³/mol.